The molecule has 0 aliphatic rings. The van der Waals surface area contributed by atoms with Crippen LogP contribution in [0.5, 0.6) is 17.2 Å². The zero-order valence-corrected chi connectivity index (χ0v) is 16.3. The van der Waals surface area contributed by atoms with Gasteiger partial charge in [-0.3, -0.25) is 9.52 Å². The summed E-state index contributed by atoms with van der Waals surface area (Å²) in [5, 5.41) is 2.63. The van der Waals surface area contributed by atoms with Crippen LogP contribution in [0.25, 0.3) is 0 Å². The van der Waals surface area contributed by atoms with Crippen molar-refractivity contribution in [1.29, 1.82) is 0 Å². The van der Waals surface area contributed by atoms with Gasteiger partial charge in [-0.05, 0) is 30.3 Å². The lowest BCUT2D eigenvalue weighted by molar-refractivity contribution is -0.115. The van der Waals surface area contributed by atoms with Gasteiger partial charge in [0, 0.05) is 12.5 Å². The molecule has 2 aromatic carbocycles. The fourth-order valence-electron chi connectivity index (χ4n) is 2.30. The summed E-state index contributed by atoms with van der Waals surface area (Å²) in [6, 6.07) is 8.88. The van der Waals surface area contributed by atoms with E-state index in [1.165, 1.54) is 45.6 Å². The van der Waals surface area contributed by atoms with Gasteiger partial charge in [-0.1, -0.05) is 6.92 Å². The highest BCUT2D eigenvalue weighted by Crippen LogP contribution is 2.32. The largest absolute Gasteiger partial charge is 0.495 e. The Bertz CT molecular complexity index is 927. The smallest absolute Gasteiger partial charge is 0.261 e. The van der Waals surface area contributed by atoms with Gasteiger partial charge in [0.15, 0.2) is 11.5 Å². The van der Waals surface area contributed by atoms with Crippen molar-refractivity contribution in [3.05, 3.63) is 36.4 Å². The number of ether oxygens (including phenoxy) is 3. The lowest BCUT2D eigenvalue weighted by atomic mass is 10.3. The standard InChI is InChI=1S/C18H22N2O6S/c1-5-18(21)19-14-11-13(7-9-15(14)24-2)27(22,23)20-12-6-8-16(25-3)17(10-12)26-4/h6-11,20H,5H2,1-4H3,(H,19,21). The average Bonchev–Trinajstić information content (AvgIpc) is 2.67. The highest BCUT2D eigenvalue weighted by molar-refractivity contribution is 7.92. The van der Waals surface area contributed by atoms with Crippen LogP contribution < -0.4 is 24.2 Å². The number of hydrogen-bond acceptors (Lipinski definition) is 6. The summed E-state index contributed by atoms with van der Waals surface area (Å²) in [6.07, 6.45) is 0.254. The molecule has 2 aromatic rings. The second-order valence-electron chi connectivity index (χ2n) is 5.44. The van der Waals surface area contributed by atoms with Crippen molar-refractivity contribution in [1.82, 2.24) is 0 Å². The third kappa shape index (κ3) is 4.82. The van der Waals surface area contributed by atoms with Gasteiger partial charge in [-0.25, -0.2) is 8.42 Å². The Morgan fingerprint density at radius 2 is 1.56 bits per heavy atom. The maximum Gasteiger partial charge on any atom is 0.261 e. The van der Waals surface area contributed by atoms with Crippen LogP contribution in [-0.4, -0.2) is 35.7 Å². The molecule has 0 aliphatic carbocycles. The van der Waals surface area contributed by atoms with Crippen molar-refractivity contribution >= 4 is 27.3 Å². The van der Waals surface area contributed by atoms with E-state index >= 15 is 0 Å². The summed E-state index contributed by atoms with van der Waals surface area (Å²) in [7, 11) is 0.488. The van der Waals surface area contributed by atoms with Crippen LogP contribution in [0.2, 0.25) is 0 Å². The predicted molar refractivity (Wildman–Crippen MR) is 102 cm³/mol. The van der Waals surface area contributed by atoms with E-state index in [2.05, 4.69) is 10.0 Å². The van der Waals surface area contributed by atoms with Crippen molar-refractivity contribution in [2.45, 2.75) is 18.2 Å². The second-order valence-corrected chi connectivity index (χ2v) is 7.12. The van der Waals surface area contributed by atoms with E-state index in [4.69, 9.17) is 14.2 Å². The molecule has 0 spiro atoms. The van der Waals surface area contributed by atoms with E-state index in [-0.39, 0.29) is 22.9 Å². The lowest BCUT2D eigenvalue weighted by Gasteiger charge is -2.14. The number of amides is 1. The van der Waals surface area contributed by atoms with Gasteiger partial charge in [0.25, 0.3) is 10.0 Å². The highest BCUT2D eigenvalue weighted by Gasteiger charge is 2.18. The number of hydrogen-bond donors (Lipinski definition) is 2. The molecule has 2 rings (SSSR count). The Morgan fingerprint density at radius 3 is 2.15 bits per heavy atom. The molecule has 8 nitrogen and oxygen atoms in total. The SMILES string of the molecule is CCC(=O)Nc1cc(S(=O)(=O)Nc2ccc(OC)c(OC)c2)ccc1OC. The topological polar surface area (TPSA) is 103 Å². The summed E-state index contributed by atoms with van der Waals surface area (Å²) < 4.78 is 43.4. The molecule has 0 atom stereocenters. The van der Waals surface area contributed by atoms with E-state index in [0.717, 1.165) is 0 Å². The number of benzene rings is 2. The molecule has 2 N–H and O–H groups in total. The van der Waals surface area contributed by atoms with Gasteiger partial charge in [0.2, 0.25) is 5.91 Å². The molecule has 0 radical (unpaired) electrons. The van der Waals surface area contributed by atoms with Gasteiger partial charge >= 0.3 is 0 Å². The Kier molecular flexibility index (Phi) is 6.51. The van der Waals surface area contributed by atoms with Crippen LogP contribution >= 0.6 is 0 Å². The van der Waals surface area contributed by atoms with Crippen LogP contribution in [0.4, 0.5) is 11.4 Å². The van der Waals surface area contributed by atoms with Gasteiger partial charge in [-0.2, -0.15) is 0 Å². The van der Waals surface area contributed by atoms with Crippen molar-refractivity contribution in [3.63, 3.8) is 0 Å². The van der Waals surface area contributed by atoms with Crippen LogP contribution in [0, 0.1) is 0 Å². The molecule has 0 saturated carbocycles. The van der Waals surface area contributed by atoms with Gasteiger partial charge in [0.1, 0.15) is 5.75 Å². The summed E-state index contributed by atoms with van der Waals surface area (Å²) in [5.74, 6) is 0.982. The normalized spacial score (nSPS) is 10.8. The monoisotopic (exact) mass is 394 g/mol. The first-order chi connectivity index (χ1) is 12.8. The van der Waals surface area contributed by atoms with E-state index in [1.807, 2.05) is 0 Å². The molecule has 0 aliphatic heterocycles. The van der Waals surface area contributed by atoms with Crippen molar-refractivity contribution in [3.8, 4) is 17.2 Å². The third-order valence-electron chi connectivity index (χ3n) is 3.71. The molecule has 0 heterocycles. The molecule has 0 saturated heterocycles. The molecule has 9 heteroatoms. The number of nitrogens with one attached hydrogen (secondary N) is 2. The summed E-state index contributed by atoms with van der Waals surface area (Å²) in [5.41, 5.74) is 0.585. The highest BCUT2D eigenvalue weighted by atomic mass is 32.2. The summed E-state index contributed by atoms with van der Waals surface area (Å²) in [6.45, 7) is 1.70. The molecule has 0 aromatic heterocycles. The number of anilines is 2. The van der Waals surface area contributed by atoms with Crippen molar-refractivity contribution in [2.24, 2.45) is 0 Å². The fraction of sp³-hybridized carbons (Fsp3) is 0.278. The Balaban J connectivity index is 2.36. The number of sulfonamides is 1. The molecular formula is C18H22N2O6S. The number of carbonyl (C=O) groups is 1. The lowest BCUT2D eigenvalue weighted by Crippen LogP contribution is -2.15. The minimum atomic E-state index is -3.90. The predicted octanol–water partition coefficient (Wildman–Crippen LogP) is 2.86. The first-order valence-electron chi connectivity index (χ1n) is 8.07. The van der Waals surface area contributed by atoms with Crippen LogP contribution in [-0.2, 0) is 14.8 Å². The zero-order valence-electron chi connectivity index (χ0n) is 15.5. The fourth-order valence-corrected chi connectivity index (χ4v) is 3.38. The number of methoxy groups -OCH3 is 3. The Morgan fingerprint density at radius 1 is 0.926 bits per heavy atom. The molecule has 146 valence electrons. The molecule has 0 bridgehead atoms. The van der Waals surface area contributed by atoms with E-state index in [1.54, 1.807) is 19.1 Å². The molecule has 0 unspecified atom stereocenters. The van der Waals surface area contributed by atoms with Crippen molar-refractivity contribution < 1.29 is 27.4 Å². The van der Waals surface area contributed by atoms with Crippen LogP contribution in [0.15, 0.2) is 41.3 Å². The molecule has 1 amide bonds. The van der Waals surface area contributed by atoms with Gasteiger partial charge in [-0.15, -0.1) is 0 Å². The summed E-state index contributed by atoms with van der Waals surface area (Å²) >= 11 is 0. The maximum atomic E-state index is 12.7. The van der Waals surface area contributed by atoms with E-state index in [0.29, 0.717) is 22.9 Å². The third-order valence-corrected chi connectivity index (χ3v) is 5.09. The minimum Gasteiger partial charge on any atom is -0.495 e. The Labute approximate surface area is 158 Å². The van der Waals surface area contributed by atoms with E-state index in [9.17, 15) is 13.2 Å². The van der Waals surface area contributed by atoms with Crippen LogP contribution in [0.1, 0.15) is 13.3 Å². The molecule has 27 heavy (non-hydrogen) atoms. The Hall–Kier alpha value is -2.94. The first kappa shape index (κ1) is 20.4. The van der Waals surface area contributed by atoms with Crippen LogP contribution in [0.3, 0.4) is 0 Å². The summed E-state index contributed by atoms with van der Waals surface area (Å²) in [4.78, 5) is 11.7. The molecular weight excluding hydrogens is 372 g/mol. The van der Waals surface area contributed by atoms with Crippen molar-refractivity contribution in [2.75, 3.05) is 31.4 Å². The van der Waals surface area contributed by atoms with Gasteiger partial charge in [0.05, 0.1) is 37.6 Å². The zero-order chi connectivity index (χ0) is 20.0. The number of rotatable bonds is 8. The maximum absolute atomic E-state index is 12.7. The second kappa shape index (κ2) is 8.63. The first-order valence-corrected chi connectivity index (χ1v) is 9.55. The van der Waals surface area contributed by atoms with Gasteiger partial charge < -0.3 is 19.5 Å². The minimum absolute atomic E-state index is 0.0236. The number of carbonyl (C=O) groups excluding carboxylic acids is 1. The molecule has 0 fully saturated rings. The quantitative estimate of drug-likeness (QED) is 0.714. The average molecular weight is 394 g/mol. The van der Waals surface area contributed by atoms with E-state index < -0.39 is 10.0 Å².